The third-order valence-electron chi connectivity index (χ3n) is 2.07. The zero-order valence-corrected chi connectivity index (χ0v) is 11.6. The van der Waals surface area contributed by atoms with Crippen LogP contribution in [0.15, 0.2) is 0 Å². The number of carbonyl (C=O) groups is 1. The quantitative estimate of drug-likeness (QED) is 0.685. The predicted octanol–water partition coefficient (Wildman–Crippen LogP) is 1.89. The average Bonchev–Trinajstić information content (AvgIpc) is 2.12. The highest BCUT2D eigenvalue weighted by molar-refractivity contribution is 7.89. The van der Waals surface area contributed by atoms with Crippen molar-refractivity contribution >= 4 is 26.9 Å². The minimum atomic E-state index is -3.39. The van der Waals surface area contributed by atoms with E-state index in [0.717, 1.165) is 6.42 Å². The highest BCUT2D eigenvalue weighted by atomic mass is 35.5. The van der Waals surface area contributed by atoms with Crippen LogP contribution in [0, 0.1) is 5.92 Å². The molecule has 1 N–H and O–H groups in total. The van der Waals surface area contributed by atoms with Gasteiger partial charge in [-0.15, -0.1) is 0 Å². The van der Waals surface area contributed by atoms with Gasteiger partial charge in [0.1, 0.15) is 0 Å². The van der Waals surface area contributed by atoms with E-state index in [-0.39, 0.29) is 11.7 Å². The van der Waals surface area contributed by atoms with E-state index in [9.17, 15) is 13.2 Å². The summed E-state index contributed by atoms with van der Waals surface area (Å²) in [6.07, 6.45) is 1.80. The highest BCUT2D eigenvalue weighted by Gasteiger charge is 2.23. The SMILES string of the molecule is CCCCS(=O)(=O)NC(CC(C)C)C(=O)Cl. The lowest BCUT2D eigenvalue weighted by atomic mass is 10.1. The summed E-state index contributed by atoms with van der Waals surface area (Å²) in [6.45, 7) is 5.73. The van der Waals surface area contributed by atoms with Crippen LogP contribution in [-0.2, 0) is 14.8 Å². The Kier molecular flexibility index (Phi) is 7.19. The maximum Gasteiger partial charge on any atom is 0.239 e. The third kappa shape index (κ3) is 7.19. The molecule has 0 aromatic heterocycles. The molecule has 0 aliphatic carbocycles. The summed E-state index contributed by atoms with van der Waals surface area (Å²) in [5.74, 6) is 0.254. The van der Waals surface area contributed by atoms with Crippen molar-refractivity contribution in [3.63, 3.8) is 0 Å². The van der Waals surface area contributed by atoms with E-state index in [4.69, 9.17) is 11.6 Å². The Morgan fingerprint density at radius 3 is 2.31 bits per heavy atom. The van der Waals surface area contributed by atoms with Gasteiger partial charge in [-0.2, -0.15) is 0 Å². The van der Waals surface area contributed by atoms with Gasteiger partial charge in [0.25, 0.3) is 0 Å². The Morgan fingerprint density at radius 1 is 1.38 bits per heavy atom. The minimum Gasteiger partial charge on any atom is -0.279 e. The molecule has 4 nitrogen and oxygen atoms in total. The number of nitrogens with one attached hydrogen (secondary N) is 1. The fraction of sp³-hybridized carbons (Fsp3) is 0.900. The van der Waals surface area contributed by atoms with Crippen molar-refractivity contribution < 1.29 is 13.2 Å². The Balaban J connectivity index is 4.44. The Hall–Kier alpha value is -0.130. The molecular formula is C10H20ClNO3S. The molecule has 0 aliphatic heterocycles. The fourth-order valence-electron chi connectivity index (χ4n) is 1.27. The van der Waals surface area contributed by atoms with Crippen molar-refractivity contribution in [2.24, 2.45) is 5.92 Å². The number of unbranched alkanes of at least 4 members (excludes halogenated alkanes) is 1. The number of rotatable bonds is 8. The number of hydrogen-bond acceptors (Lipinski definition) is 3. The predicted molar refractivity (Wildman–Crippen MR) is 65.9 cm³/mol. The van der Waals surface area contributed by atoms with Gasteiger partial charge < -0.3 is 0 Å². The van der Waals surface area contributed by atoms with Crippen LogP contribution < -0.4 is 4.72 Å². The third-order valence-corrected chi connectivity index (χ3v) is 3.80. The van der Waals surface area contributed by atoms with Crippen LogP contribution in [0.3, 0.4) is 0 Å². The Morgan fingerprint density at radius 2 is 1.94 bits per heavy atom. The number of hydrogen-bond donors (Lipinski definition) is 1. The first-order valence-corrected chi connectivity index (χ1v) is 7.51. The number of sulfonamides is 1. The Bertz CT molecular complexity index is 314. The molecule has 96 valence electrons. The van der Waals surface area contributed by atoms with Gasteiger partial charge in [0.15, 0.2) is 0 Å². The summed E-state index contributed by atoms with van der Waals surface area (Å²) < 4.78 is 25.5. The summed E-state index contributed by atoms with van der Waals surface area (Å²) in [4.78, 5) is 11.1. The van der Waals surface area contributed by atoms with Gasteiger partial charge in [-0.3, -0.25) is 4.79 Å². The Labute approximate surface area is 103 Å². The van der Waals surface area contributed by atoms with Gasteiger partial charge in [0, 0.05) is 0 Å². The van der Waals surface area contributed by atoms with Crippen LogP contribution >= 0.6 is 11.6 Å². The lowest BCUT2D eigenvalue weighted by molar-refractivity contribution is -0.113. The van der Waals surface area contributed by atoms with Crippen LogP contribution in [0.5, 0.6) is 0 Å². The first-order valence-electron chi connectivity index (χ1n) is 5.47. The highest BCUT2D eigenvalue weighted by Crippen LogP contribution is 2.09. The summed E-state index contributed by atoms with van der Waals surface area (Å²) in [7, 11) is -3.39. The molecule has 0 aliphatic rings. The molecule has 0 aromatic rings. The molecule has 0 saturated heterocycles. The smallest absolute Gasteiger partial charge is 0.239 e. The first-order chi connectivity index (χ1) is 7.28. The molecule has 16 heavy (non-hydrogen) atoms. The van der Waals surface area contributed by atoms with Gasteiger partial charge in [0.05, 0.1) is 11.8 Å². The summed E-state index contributed by atoms with van der Waals surface area (Å²) >= 11 is 5.36. The van der Waals surface area contributed by atoms with Crippen LogP contribution in [0.2, 0.25) is 0 Å². The van der Waals surface area contributed by atoms with Crippen molar-refractivity contribution in [3.05, 3.63) is 0 Å². The molecule has 0 fully saturated rings. The van der Waals surface area contributed by atoms with Gasteiger partial charge >= 0.3 is 0 Å². The first kappa shape index (κ1) is 15.9. The van der Waals surface area contributed by atoms with E-state index >= 15 is 0 Å². The van der Waals surface area contributed by atoms with E-state index in [0.29, 0.717) is 12.8 Å². The van der Waals surface area contributed by atoms with Gasteiger partial charge in [-0.25, -0.2) is 13.1 Å². The largest absolute Gasteiger partial charge is 0.279 e. The van der Waals surface area contributed by atoms with E-state index in [1.54, 1.807) is 0 Å². The second-order valence-corrected chi connectivity index (χ2v) is 6.52. The van der Waals surface area contributed by atoms with Crippen LogP contribution in [-0.4, -0.2) is 25.5 Å². The minimum absolute atomic E-state index is 0.0439. The van der Waals surface area contributed by atoms with E-state index < -0.39 is 21.3 Å². The summed E-state index contributed by atoms with van der Waals surface area (Å²) in [5, 5.41) is -0.645. The van der Waals surface area contributed by atoms with Gasteiger partial charge in [-0.1, -0.05) is 27.2 Å². The van der Waals surface area contributed by atoms with Crippen LogP contribution in [0.1, 0.15) is 40.0 Å². The van der Waals surface area contributed by atoms with Crippen molar-refractivity contribution in [2.45, 2.75) is 46.1 Å². The van der Waals surface area contributed by atoms with Crippen molar-refractivity contribution in [3.8, 4) is 0 Å². The lowest BCUT2D eigenvalue weighted by Crippen LogP contribution is -2.40. The second-order valence-electron chi connectivity index (χ2n) is 4.28. The van der Waals surface area contributed by atoms with Crippen LogP contribution in [0.25, 0.3) is 0 Å². The van der Waals surface area contributed by atoms with Crippen molar-refractivity contribution in [2.75, 3.05) is 5.75 Å². The summed E-state index contributed by atoms with van der Waals surface area (Å²) in [6, 6.07) is -0.802. The second kappa shape index (κ2) is 7.25. The molecule has 1 unspecified atom stereocenters. The molecule has 0 amide bonds. The normalized spacial score (nSPS) is 14.1. The molecular weight excluding hydrogens is 250 g/mol. The van der Waals surface area contributed by atoms with Crippen LogP contribution in [0.4, 0.5) is 0 Å². The molecule has 0 heterocycles. The fourth-order valence-corrected chi connectivity index (χ4v) is 2.90. The molecule has 0 saturated carbocycles. The summed E-state index contributed by atoms with van der Waals surface area (Å²) in [5.41, 5.74) is 0. The average molecular weight is 270 g/mol. The zero-order chi connectivity index (χ0) is 12.8. The van der Waals surface area contributed by atoms with E-state index in [1.165, 1.54) is 0 Å². The number of carbonyl (C=O) groups excluding carboxylic acids is 1. The molecule has 6 heteroatoms. The molecule has 0 radical (unpaired) electrons. The molecule has 0 rings (SSSR count). The van der Waals surface area contributed by atoms with Gasteiger partial charge in [0.2, 0.25) is 15.3 Å². The molecule has 1 atom stereocenters. The molecule has 0 spiro atoms. The maximum atomic E-state index is 11.6. The molecule has 0 aromatic carbocycles. The zero-order valence-electron chi connectivity index (χ0n) is 9.99. The topological polar surface area (TPSA) is 63.2 Å². The van der Waals surface area contributed by atoms with Crippen molar-refractivity contribution in [1.29, 1.82) is 0 Å². The standard InChI is InChI=1S/C10H20ClNO3S/c1-4-5-6-16(14,15)12-9(10(11)13)7-8(2)3/h8-9,12H,4-7H2,1-3H3. The molecule has 0 bridgehead atoms. The van der Waals surface area contributed by atoms with E-state index in [1.807, 2.05) is 20.8 Å². The lowest BCUT2D eigenvalue weighted by Gasteiger charge is -2.16. The maximum absolute atomic E-state index is 11.6. The van der Waals surface area contributed by atoms with E-state index in [2.05, 4.69) is 4.72 Å². The van der Waals surface area contributed by atoms with Gasteiger partial charge in [-0.05, 0) is 30.4 Å². The van der Waals surface area contributed by atoms with Crippen molar-refractivity contribution in [1.82, 2.24) is 4.72 Å². The monoisotopic (exact) mass is 269 g/mol. The number of halogens is 1.